The Morgan fingerprint density at radius 3 is 2.80 bits per heavy atom. The van der Waals surface area contributed by atoms with E-state index in [1.165, 1.54) is 6.07 Å². The van der Waals surface area contributed by atoms with Gasteiger partial charge in [0.05, 0.1) is 12.6 Å². The molecule has 0 spiro atoms. The normalized spacial score (nSPS) is 12.4. The third-order valence-electron chi connectivity index (χ3n) is 3.22. The highest BCUT2D eigenvalue weighted by Gasteiger charge is 2.20. The van der Waals surface area contributed by atoms with Gasteiger partial charge in [0.15, 0.2) is 0 Å². The Bertz CT molecular complexity index is 558. The van der Waals surface area contributed by atoms with Crippen LogP contribution in [0.15, 0.2) is 28.7 Å². The van der Waals surface area contributed by atoms with Gasteiger partial charge in [-0.25, -0.2) is 4.39 Å². The van der Waals surface area contributed by atoms with Gasteiger partial charge in [-0.05, 0) is 19.5 Å². The number of benzene rings is 1. The molecule has 6 heteroatoms. The van der Waals surface area contributed by atoms with Crippen LogP contribution in [0.4, 0.5) is 10.4 Å². The molecule has 0 bridgehead atoms. The van der Waals surface area contributed by atoms with Gasteiger partial charge in [-0.1, -0.05) is 30.2 Å². The van der Waals surface area contributed by atoms with E-state index in [9.17, 15) is 4.39 Å². The van der Waals surface area contributed by atoms with Gasteiger partial charge in [-0.3, -0.25) is 0 Å². The molecule has 0 amide bonds. The Morgan fingerprint density at radius 1 is 1.35 bits per heavy atom. The van der Waals surface area contributed by atoms with Crippen molar-refractivity contribution in [1.82, 2.24) is 15.5 Å². The highest BCUT2D eigenvalue weighted by molar-refractivity contribution is 5.32. The standard InChI is InChI=1S/C14H19FN4O/c1-4-16-9-13-17-18-14(20-13)19(3)10(2)11-7-5-6-8-12(11)15/h5-8,10,16H,4,9H2,1-3H3. The summed E-state index contributed by atoms with van der Waals surface area (Å²) in [5, 5.41) is 11.1. The topological polar surface area (TPSA) is 54.2 Å². The van der Waals surface area contributed by atoms with Crippen LogP contribution in [0, 0.1) is 5.82 Å². The lowest BCUT2D eigenvalue weighted by Gasteiger charge is -2.23. The van der Waals surface area contributed by atoms with E-state index in [2.05, 4.69) is 15.5 Å². The van der Waals surface area contributed by atoms with E-state index < -0.39 is 0 Å². The first-order chi connectivity index (χ1) is 9.63. The summed E-state index contributed by atoms with van der Waals surface area (Å²) in [7, 11) is 1.81. The van der Waals surface area contributed by atoms with Crippen LogP contribution in [-0.2, 0) is 6.54 Å². The van der Waals surface area contributed by atoms with Crippen molar-refractivity contribution >= 4 is 6.01 Å². The fraction of sp³-hybridized carbons (Fsp3) is 0.429. The lowest BCUT2D eigenvalue weighted by Crippen LogP contribution is -2.22. The number of nitrogens with one attached hydrogen (secondary N) is 1. The lowest BCUT2D eigenvalue weighted by molar-refractivity contribution is 0.458. The molecular formula is C14H19FN4O. The molecule has 1 aromatic heterocycles. The van der Waals surface area contributed by atoms with Crippen molar-refractivity contribution in [2.24, 2.45) is 0 Å². The first kappa shape index (κ1) is 14.5. The summed E-state index contributed by atoms with van der Waals surface area (Å²) in [6, 6.07) is 6.88. The maximum absolute atomic E-state index is 13.8. The average molecular weight is 278 g/mol. The molecule has 0 aliphatic heterocycles. The van der Waals surface area contributed by atoms with Crippen molar-refractivity contribution in [3.63, 3.8) is 0 Å². The zero-order valence-electron chi connectivity index (χ0n) is 11.9. The summed E-state index contributed by atoms with van der Waals surface area (Å²) >= 11 is 0. The van der Waals surface area contributed by atoms with Crippen molar-refractivity contribution in [3.8, 4) is 0 Å². The second-order valence-corrected chi connectivity index (χ2v) is 4.57. The Hall–Kier alpha value is -1.95. The molecule has 2 rings (SSSR count). The van der Waals surface area contributed by atoms with Crippen LogP contribution in [0.1, 0.15) is 31.3 Å². The lowest BCUT2D eigenvalue weighted by atomic mass is 10.1. The summed E-state index contributed by atoms with van der Waals surface area (Å²) in [6.45, 7) is 5.26. The summed E-state index contributed by atoms with van der Waals surface area (Å²) in [6.07, 6.45) is 0. The van der Waals surface area contributed by atoms with E-state index >= 15 is 0 Å². The highest BCUT2D eigenvalue weighted by atomic mass is 19.1. The summed E-state index contributed by atoms with van der Waals surface area (Å²) < 4.78 is 19.3. The number of halogens is 1. The van der Waals surface area contributed by atoms with Gasteiger partial charge in [-0.2, -0.15) is 0 Å². The van der Waals surface area contributed by atoms with E-state index in [-0.39, 0.29) is 11.9 Å². The molecule has 0 saturated carbocycles. The van der Waals surface area contributed by atoms with E-state index in [1.54, 1.807) is 17.0 Å². The third kappa shape index (κ3) is 3.14. The van der Waals surface area contributed by atoms with Crippen molar-refractivity contribution in [2.45, 2.75) is 26.4 Å². The van der Waals surface area contributed by atoms with Crippen LogP contribution in [0.2, 0.25) is 0 Å². The van der Waals surface area contributed by atoms with Crippen LogP contribution in [0.3, 0.4) is 0 Å². The van der Waals surface area contributed by atoms with Crippen molar-refractivity contribution < 1.29 is 8.81 Å². The minimum absolute atomic E-state index is 0.191. The Labute approximate surface area is 117 Å². The minimum atomic E-state index is -0.237. The van der Waals surface area contributed by atoms with Gasteiger partial charge >= 0.3 is 6.01 Å². The predicted octanol–water partition coefficient (Wildman–Crippen LogP) is 2.52. The zero-order chi connectivity index (χ0) is 14.5. The molecule has 5 nitrogen and oxygen atoms in total. The van der Waals surface area contributed by atoms with Gasteiger partial charge in [0, 0.05) is 12.6 Å². The molecule has 0 aliphatic rings. The van der Waals surface area contributed by atoms with Crippen LogP contribution < -0.4 is 10.2 Å². The SMILES string of the molecule is CCNCc1nnc(N(C)C(C)c2ccccc2F)o1. The van der Waals surface area contributed by atoms with Crippen LogP contribution in [0.25, 0.3) is 0 Å². The highest BCUT2D eigenvalue weighted by Crippen LogP contribution is 2.25. The molecule has 20 heavy (non-hydrogen) atoms. The van der Waals surface area contributed by atoms with Crippen molar-refractivity contribution in [2.75, 3.05) is 18.5 Å². The maximum atomic E-state index is 13.8. The molecule has 1 aromatic carbocycles. The van der Waals surface area contributed by atoms with Gasteiger partial charge < -0.3 is 14.6 Å². The van der Waals surface area contributed by atoms with E-state index in [1.807, 2.05) is 27.0 Å². The number of nitrogens with zero attached hydrogens (tertiary/aromatic N) is 3. The van der Waals surface area contributed by atoms with Gasteiger partial charge in [-0.15, -0.1) is 5.10 Å². The van der Waals surface area contributed by atoms with Gasteiger partial charge in [0.1, 0.15) is 5.82 Å². The molecule has 0 aliphatic carbocycles. The zero-order valence-corrected chi connectivity index (χ0v) is 11.9. The van der Waals surface area contributed by atoms with E-state index in [4.69, 9.17) is 4.42 Å². The fourth-order valence-electron chi connectivity index (χ4n) is 1.88. The summed E-state index contributed by atoms with van der Waals surface area (Å²) in [5.74, 6) is 0.286. The molecule has 0 saturated heterocycles. The van der Waals surface area contributed by atoms with Crippen molar-refractivity contribution in [3.05, 3.63) is 41.5 Å². The maximum Gasteiger partial charge on any atom is 0.318 e. The average Bonchev–Trinajstić information content (AvgIpc) is 2.93. The van der Waals surface area contributed by atoms with E-state index in [0.29, 0.717) is 24.0 Å². The monoisotopic (exact) mass is 278 g/mol. The number of anilines is 1. The van der Waals surface area contributed by atoms with Crippen LogP contribution in [0.5, 0.6) is 0 Å². The molecular weight excluding hydrogens is 259 g/mol. The predicted molar refractivity (Wildman–Crippen MR) is 74.9 cm³/mol. The number of rotatable bonds is 6. The quantitative estimate of drug-likeness (QED) is 0.880. The Balaban J connectivity index is 2.12. The molecule has 1 atom stereocenters. The number of aromatic nitrogens is 2. The second-order valence-electron chi connectivity index (χ2n) is 4.57. The molecule has 108 valence electrons. The minimum Gasteiger partial charge on any atom is -0.407 e. The first-order valence-corrected chi connectivity index (χ1v) is 6.63. The fourth-order valence-corrected chi connectivity index (χ4v) is 1.88. The molecule has 0 radical (unpaired) electrons. The van der Waals surface area contributed by atoms with Crippen LogP contribution in [-0.4, -0.2) is 23.8 Å². The Morgan fingerprint density at radius 2 is 2.10 bits per heavy atom. The summed E-state index contributed by atoms with van der Waals surface area (Å²) in [4.78, 5) is 1.76. The first-order valence-electron chi connectivity index (χ1n) is 6.63. The number of hydrogen-bond donors (Lipinski definition) is 1. The Kier molecular flexibility index (Phi) is 4.68. The third-order valence-corrected chi connectivity index (χ3v) is 3.22. The van der Waals surface area contributed by atoms with Gasteiger partial charge in [0.2, 0.25) is 5.89 Å². The molecule has 0 fully saturated rings. The second kappa shape index (κ2) is 6.47. The molecule has 1 unspecified atom stereocenters. The number of hydrogen-bond acceptors (Lipinski definition) is 5. The van der Waals surface area contributed by atoms with E-state index in [0.717, 1.165) is 6.54 Å². The largest absolute Gasteiger partial charge is 0.407 e. The molecule has 1 heterocycles. The smallest absolute Gasteiger partial charge is 0.318 e. The summed E-state index contributed by atoms with van der Waals surface area (Å²) in [5.41, 5.74) is 0.599. The van der Waals surface area contributed by atoms with Crippen LogP contribution >= 0.6 is 0 Å². The van der Waals surface area contributed by atoms with Gasteiger partial charge in [0.25, 0.3) is 0 Å². The molecule has 1 N–H and O–H groups in total. The van der Waals surface area contributed by atoms with Crippen molar-refractivity contribution in [1.29, 1.82) is 0 Å². The molecule has 2 aromatic rings.